The van der Waals surface area contributed by atoms with Crippen molar-refractivity contribution in [3.8, 4) is 11.7 Å². The van der Waals surface area contributed by atoms with Crippen molar-refractivity contribution in [1.29, 1.82) is 0 Å². The van der Waals surface area contributed by atoms with Crippen molar-refractivity contribution >= 4 is 0 Å². The summed E-state index contributed by atoms with van der Waals surface area (Å²) in [5.41, 5.74) is 0. The van der Waals surface area contributed by atoms with Crippen molar-refractivity contribution < 1.29 is 18.1 Å². The zero-order valence-electron chi connectivity index (χ0n) is 14.6. The molecule has 1 atom stereocenters. The smallest absolute Gasteiger partial charge is 0.283 e. The van der Waals surface area contributed by atoms with Crippen LogP contribution < -0.4 is 0 Å². The van der Waals surface area contributed by atoms with Crippen LogP contribution in [-0.2, 0) is 17.7 Å². The maximum Gasteiger partial charge on any atom is 0.283 e. The molecule has 4 heterocycles. The van der Waals surface area contributed by atoms with Gasteiger partial charge < -0.3 is 18.1 Å². The van der Waals surface area contributed by atoms with Crippen molar-refractivity contribution in [2.45, 2.75) is 38.3 Å². The lowest BCUT2D eigenvalue weighted by molar-refractivity contribution is 0.101. The third kappa shape index (κ3) is 3.68. The maximum absolute atomic E-state index is 5.73. The monoisotopic (exact) mass is 359 g/mol. The van der Waals surface area contributed by atoms with E-state index in [0.717, 1.165) is 25.8 Å². The molecule has 1 saturated heterocycles. The van der Waals surface area contributed by atoms with Gasteiger partial charge in [-0.05, 0) is 31.5 Å². The van der Waals surface area contributed by atoms with Crippen molar-refractivity contribution in [1.82, 2.24) is 25.2 Å². The molecule has 0 spiro atoms. The molecular formula is C17H21N5O4. The molecule has 4 rings (SSSR count). The first kappa shape index (κ1) is 16.9. The van der Waals surface area contributed by atoms with E-state index in [1.165, 1.54) is 0 Å². The van der Waals surface area contributed by atoms with E-state index in [4.69, 9.17) is 18.1 Å². The molecule has 9 nitrogen and oxygen atoms in total. The molecule has 3 aromatic heterocycles. The fourth-order valence-electron chi connectivity index (χ4n) is 3.15. The van der Waals surface area contributed by atoms with Crippen LogP contribution in [0.2, 0.25) is 0 Å². The summed E-state index contributed by atoms with van der Waals surface area (Å²) >= 11 is 0. The van der Waals surface area contributed by atoms with Crippen molar-refractivity contribution in [3.63, 3.8) is 0 Å². The molecule has 0 unspecified atom stereocenters. The highest BCUT2D eigenvalue weighted by Gasteiger charge is 2.30. The van der Waals surface area contributed by atoms with Gasteiger partial charge in [0, 0.05) is 13.5 Å². The van der Waals surface area contributed by atoms with Gasteiger partial charge in [-0.15, -0.1) is 10.2 Å². The second kappa shape index (κ2) is 7.79. The van der Waals surface area contributed by atoms with E-state index in [9.17, 15) is 0 Å². The number of rotatable bonds is 7. The Bertz CT molecular complexity index is 813. The molecule has 0 N–H and O–H groups in total. The Morgan fingerprint density at radius 2 is 2.27 bits per heavy atom. The molecule has 1 fully saturated rings. The summed E-state index contributed by atoms with van der Waals surface area (Å²) in [6.45, 7) is 2.03. The van der Waals surface area contributed by atoms with Gasteiger partial charge in [-0.1, -0.05) is 11.6 Å². The standard InChI is InChI=1S/C17H21N5O4/c1-23-10-7-14-18-16(26-21-14)12-5-2-3-8-22(12)11-15-19-20-17(25-15)13-6-4-9-24-13/h4,6,9,12H,2-3,5,7-8,10-11H2,1H3/t12-/m0/s1. The predicted octanol–water partition coefficient (Wildman–Crippen LogP) is 2.63. The minimum atomic E-state index is 0.0616. The highest BCUT2D eigenvalue weighted by molar-refractivity contribution is 5.42. The van der Waals surface area contributed by atoms with Crippen molar-refractivity contribution in [2.75, 3.05) is 20.3 Å². The molecule has 0 saturated carbocycles. The van der Waals surface area contributed by atoms with Gasteiger partial charge in [0.15, 0.2) is 11.6 Å². The van der Waals surface area contributed by atoms with E-state index in [1.807, 2.05) is 0 Å². The SMILES string of the molecule is COCCc1noc([C@@H]2CCCCN2Cc2nnc(-c3ccco3)o2)n1. The molecule has 26 heavy (non-hydrogen) atoms. The molecule has 0 radical (unpaired) electrons. The number of methoxy groups -OCH3 is 1. The van der Waals surface area contributed by atoms with Crippen LogP contribution in [-0.4, -0.2) is 45.5 Å². The summed E-state index contributed by atoms with van der Waals surface area (Å²) in [5, 5.41) is 12.2. The van der Waals surface area contributed by atoms with E-state index >= 15 is 0 Å². The van der Waals surface area contributed by atoms with E-state index in [1.54, 1.807) is 25.5 Å². The molecule has 0 aromatic carbocycles. The quantitative estimate of drug-likeness (QED) is 0.629. The van der Waals surface area contributed by atoms with E-state index in [0.29, 0.717) is 48.8 Å². The van der Waals surface area contributed by atoms with E-state index in [2.05, 4.69) is 25.2 Å². The molecular weight excluding hydrogens is 338 g/mol. The summed E-state index contributed by atoms with van der Waals surface area (Å²) in [6.07, 6.45) is 5.42. The van der Waals surface area contributed by atoms with Gasteiger partial charge in [-0.3, -0.25) is 4.90 Å². The summed E-state index contributed by atoms with van der Waals surface area (Å²) in [7, 11) is 1.66. The fraction of sp³-hybridized carbons (Fsp3) is 0.529. The van der Waals surface area contributed by atoms with Crippen LogP contribution in [0.1, 0.15) is 42.9 Å². The Kier molecular flexibility index (Phi) is 5.07. The number of nitrogens with zero attached hydrogens (tertiary/aromatic N) is 5. The maximum atomic E-state index is 5.73. The largest absolute Gasteiger partial charge is 0.459 e. The first-order chi connectivity index (χ1) is 12.8. The van der Waals surface area contributed by atoms with Crippen LogP contribution in [0.3, 0.4) is 0 Å². The number of hydrogen-bond donors (Lipinski definition) is 0. The third-order valence-corrected chi connectivity index (χ3v) is 4.45. The topological polar surface area (TPSA) is 103 Å². The summed E-state index contributed by atoms with van der Waals surface area (Å²) in [6, 6.07) is 3.64. The normalized spacial score (nSPS) is 18.4. The van der Waals surface area contributed by atoms with Gasteiger partial charge in [0.05, 0.1) is 25.5 Å². The molecule has 1 aliphatic heterocycles. The molecule has 1 aliphatic rings. The minimum absolute atomic E-state index is 0.0616. The Morgan fingerprint density at radius 1 is 1.31 bits per heavy atom. The van der Waals surface area contributed by atoms with Crippen LogP contribution in [0.25, 0.3) is 11.7 Å². The molecule has 138 valence electrons. The van der Waals surface area contributed by atoms with Crippen LogP contribution in [0.15, 0.2) is 31.8 Å². The second-order valence-corrected chi connectivity index (χ2v) is 6.25. The van der Waals surface area contributed by atoms with Gasteiger partial charge >= 0.3 is 0 Å². The van der Waals surface area contributed by atoms with Crippen LogP contribution in [0.4, 0.5) is 0 Å². The predicted molar refractivity (Wildman–Crippen MR) is 88.9 cm³/mol. The molecule has 0 aliphatic carbocycles. The van der Waals surface area contributed by atoms with Gasteiger partial charge in [-0.25, -0.2) is 0 Å². The van der Waals surface area contributed by atoms with Crippen LogP contribution >= 0.6 is 0 Å². The molecule has 3 aromatic rings. The second-order valence-electron chi connectivity index (χ2n) is 6.25. The highest BCUT2D eigenvalue weighted by Crippen LogP contribution is 2.31. The lowest BCUT2D eigenvalue weighted by Gasteiger charge is -2.32. The first-order valence-corrected chi connectivity index (χ1v) is 8.75. The van der Waals surface area contributed by atoms with E-state index in [-0.39, 0.29) is 6.04 Å². The van der Waals surface area contributed by atoms with Crippen molar-refractivity contribution in [2.24, 2.45) is 0 Å². The number of aromatic nitrogens is 4. The van der Waals surface area contributed by atoms with E-state index < -0.39 is 0 Å². The summed E-state index contributed by atoms with van der Waals surface area (Å²) in [5.74, 6) is 2.81. The van der Waals surface area contributed by atoms with Crippen LogP contribution in [0, 0.1) is 0 Å². The zero-order valence-corrected chi connectivity index (χ0v) is 14.6. The third-order valence-electron chi connectivity index (χ3n) is 4.45. The number of piperidine rings is 1. The average Bonchev–Trinajstić information content (AvgIpc) is 3.41. The summed E-state index contributed by atoms with van der Waals surface area (Å²) < 4.78 is 21.6. The number of furan rings is 1. The summed E-state index contributed by atoms with van der Waals surface area (Å²) in [4.78, 5) is 6.77. The Morgan fingerprint density at radius 3 is 3.12 bits per heavy atom. The number of likely N-dealkylation sites (tertiary alicyclic amines) is 1. The lowest BCUT2D eigenvalue weighted by atomic mass is 10.0. The van der Waals surface area contributed by atoms with Gasteiger partial charge in [-0.2, -0.15) is 4.98 Å². The van der Waals surface area contributed by atoms with Crippen molar-refractivity contribution in [3.05, 3.63) is 36.0 Å². The average molecular weight is 359 g/mol. The van der Waals surface area contributed by atoms with Gasteiger partial charge in [0.1, 0.15) is 0 Å². The number of ether oxygens (including phenoxy) is 1. The van der Waals surface area contributed by atoms with Crippen LogP contribution in [0.5, 0.6) is 0 Å². The molecule has 9 heteroatoms. The molecule has 0 bridgehead atoms. The first-order valence-electron chi connectivity index (χ1n) is 8.75. The van der Waals surface area contributed by atoms with Gasteiger partial charge in [0.25, 0.3) is 5.89 Å². The number of hydrogen-bond acceptors (Lipinski definition) is 9. The zero-order chi connectivity index (χ0) is 17.8. The Hall–Kier alpha value is -2.52. The van der Waals surface area contributed by atoms with Gasteiger partial charge in [0.2, 0.25) is 11.8 Å². The molecule has 0 amide bonds. The Labute approximate surface area is 150 Å². The highest BCUT2D eigenvalue weighted by atomic mass is 16.5. The Balaban J connectivity index is 1.46. The fourth-order valence-corrected chi connectivity index (χ4v) is 3.15. The lowest BCUT2D eigenvalue weighted by Crippen LogP contribution is -2.33. The minimum Gasteiger partial charge on any atom is -0.459 e.